The van der Waals surface area contributed by atoms with Gasteiger partial charge in [-0.1, -0.05) is 19.3 Å². The van der Waals surface area contributed by atoms with Crippen LogP contribution in [-0.4, -0.2) is 61.2 Å². The number of hydrogen-bond donors (Lipinski definition) is 0. The van der Waals surface area contributed by atoms with Crippen LogP contribution in [0.1, 0.15) is 32.1 Å². The normalized spacial score (nSPS) is 21.5. The van der Waals surface area contributed by atoms with Crippen molar-refractivity contribution in [1.29, 1.82) is 0 Å². The van der Waals surface area contributed by atoms with E-state index in [2.05, 4.69) is 25.8 Å². The maximum Gasteiger partial charge on any atom is 0.134 e. The Morgan fingerprint density at radius 2 is 1.71 bits per heavy atom. The van der Waals surface area contributed by atoms with E-state index in [4.69, 9.17) is 0 Å². The van der Waals surface area contributed by atoms with Crippen molar-refractivity contribution in [2.75, 3.05) is 50.1 Å². The highest BCUT2D eigenvalue weighted by Crippen LogP contribution is 2.24. The van der Waals surface area contributed by atoms with E-state index in [0.717, 1.165) is 30.8 Å². The van der Waals surface area contributed by atoms with Gasteiger partial charge in [-0.2, -0.15) is 0 Å². The third-order valence-corrected chi connectivity index (χ3v) is 4.83. The third kappa shape index (κ3) is 3.46. The summed E-state index contributed by atoms with van der Waals surface area (Å²) in [6.07, 6.45) is 8.76. The van der Waals surface area contributed by atoms with Gasteiger partial charge < -0.3 is 9.80 Å². The Balaban J connectivity index is 1.59. The average molecular weight is 289 g/mol. The van der Waals surface area contributed by atoms with Gasteiger partial charge in [0.25, 0.3) is 0 Å². The van der Waals surface area contributed by atoms with Gasteiger partial charge in [0.2, 0.25) is 0 Å². The molecule has 0 N–H and O–H groups in total. The van der Waals surface area contributed by atoms with Crippen molar-refractivity contribution >= 4 is 11.6 Å². The lowest BCUT2D eigenvalue weighted by Crippen LogP contribution is -2.51. The van der Waals surface area contributed by atoms with Gasteiger partial charge in [0, 0.05) is 52.4 Å². The monoisotopic (exact) mass is 289 g/mol. The maximum atomic E-state index is 4.45. The van der Waals surface area contributed by atoms with Crippen LogP contribution in [0.5, 0.6) is 0 Å². The van der Waals surface area contributed by atoms with E-state index in [0.29, 0.717) is 0 Å². The minimum Gasteiger partial charge on any atom is -0.363 e. The Bertz CT molecular complexity index is 448. The Morgan fingerprint density at radius 3 is 2.38 bits per heavy atom. The van der Waals surface area contributed by atoms with Crippen molar-refractivity contribution in [3.8, 4) is 0 Å². The van der Waals surface area contributed by atoms with Crippen LogP contribution in [0.15, 0.2) is 12.4 Å². The predicted molar refractivity (Wildman–Crippen MR) is 87.0 cm³/mol. The number of anilines is 2. The summed E-state index contributed by atoms with van der Waals surface area (Å²) < 4.78 is 0. The van der Waals surface area contributed by atoms with Crippen LogP contribution in [0, 0.1) is 0 Å². The van der Waals surface area contributed by atoms with Crippen LogP contribution >= 0.6 is 0 Å². The zero-order valence-corrected chi connectivity index (χ0v) is 13.3. The topological polar surface area (TPSA) is 35.5 Å². The molecule has 5 heteroatoms. The molecular formula is C16H27N5. The molecule has 1 saturated carbocycles. The van der Waals surface area contributed by atoms with Crippen LogP contribution in [-0.2, 0) is 0 Å². The van der Waals surface area contributed by atoms with Gasteiger partial charge in [-0.15, -0.1) is 0 Å². The number of hydrogen-bond acceptors (Lipinski definition) is 5. The van der Waals surface area contributed by atoms with Gasteiger partial charge in [0.05, 0.1) is 0 Å². The second kappa shape index (κ2) is 6.60. The Morgan fingerprint density at radius 1 is 1.00 bits per heavy atom. The smallest absolute Gasteiger partial charge is 0.134 e. The first-order chi connectivity index (χ1) is 10.2. The molecule has 0 spiro atoms. The molecule has 1 aromatic heterocycles. The largest absolute Gasteiger partial charge is 0.363 e. The summed E-state index contributed by atoms with van der Waals surface area (Å²) in [6, 6.07) is 2.93. The molecule has 3 rings (SSSR count). The fourth-order valence-corrected chi connectivity index (χ4v) is 3.52. The minimum absolute atomic E-state index is 0.837. The lowest BCUT2D eigenvalue weighted by Gasteiger charge is -2.41. The van der Waals surface area contributed by atoms with Gasteiger partial charge in [0.15, 0.2) is 0 Å². The maximum absolute atomic E-state index is 4.45. The van der Waals surface area contributed by atoms with E-state index in [1.807, 2.05) is 19.0 Å². The van der Waals surface area contributed by atoms with Crippen molar-refractivity contribution in [2.45, 2.75) is 38.1 Å². The van der Waals surface area contributed by atoms with Crippen molar-refractivity contribution in [3.05, 3.63) is 12.4 Å². The Hall–Kier alpha value is -1.36. The summed E-state index contributed by atoms with van der Waals surface area (Å²) in [7, 11) is 4.04. The van der Waals surface area contributed by atoms with Gasteiger partial charge >= 0.3 is 0 Å². The van der Waals surface area contributed by atoms with E-state index < -0.39 is 0 Å². The van der Waals surface area contributed by atoms with Crippen LogP contribution in [0.3, 0.4) is 0 Å². The zero-order valence-electron chi connectivity index (χ0n) is 13.3. The third-order valence-electron chi connectivity index (χ3n) is 4.83. The summed E-state index contributed by atoms with van der Waals surface area (Å²) in [6.45, 7) is 4.51. The molecule has 0 unspecified atom stereocenters. The van der Waals surface area contributed by atoms with E-state index in [1.165, 1.54) is 45.2 Å². The molecule has 0 aromatic carbocycles. The van der Waals surface area contributed by atoms with Gasteiger partial charge in [-0.25, -0.2) is 9.97 Å². The molecule has 1 aliphatic heterocycles. The number of nitrogens with zero attached hydrogens (tertiary/aromatic N) is 5. The summed E-state index contributed by atoms with van der Waals surface area (Å²) in [5, 5.41) is 0. The fraction of sp³-hybridized carbons (Fsp3) is 0.750. The van der Waals surface area contributed by atoms with E-state index >= 15 is 0 Å². The lowest BCUT2D eigenvalue weighted by molar-refractivity contribution is 0.147. The number of aromatic nitrogens is 2. The molecular weight excluding hydrogens is 262 g/mol. The number of piperazine rings is 1. The molecule has 116 valence electrons. The quantitative estimate of drug-likeness (QED) is 0.850. The zero-order chi connectivity index (χ0) is 14.7. The van der Waals surface area contributed by atoms with Crippen molar-refractivity contribution in [1.82, 2.24) is 14.9 Å². The molecule has 1 aliphatic carbocycles. The van der Waals surface area contributed by atoms with Crippen molar-refractivity contribution in [2.24, 2.45) is 0 Å². The summed E-state index contributed by atoms with van der Waals surface area (Å²) in [5.41, 5.74) is 0. The summed E-state index contributed by atoms with van der Waals surface area (Å²) in [4.78, 5) is 15.9. The molecule has 2 heterocycles. The van der Waals surface area contributed by atoms with Crippen molar-refractivity contribution < 1.29 is 0 Å². The van der Waals surface area contributed by atoms with Gasteiger partial charge in [0.1, 0.15) is 18.0 Å². The van der Waals surface area contributed by atoms with Crippen LogP contribution in [0.2, 0.25) is 0 Å². The molecule has 2 aliphatic rings. The molecule has 0 bridgehead atoms. The van der Waals surface area contributed by atoms with Crippen LogP contribution in [0.25, 0.3) is 0 Å². The lowest BCUT2D eigenvalue weighted by atomic mass is 9.94. The van der Waals surface area contributed by atoms with E-state index in [1.54, 1.807) is 6.33 Å². The van der Waals surface area contributed by atoms with Crippen LogP contribution in [0.4, 0.5) is 11.6 Å². The Kier molecular flexibility index (Phi) is 4.58. The SMILES string of the molecule is CN(C)c1cc(N2CCN(C3CCCCC3)CC2)ncn1. The van der Waals surface area contributed by atoms with Crippen molar-refractivity contribution in [3.63, 3.8) is 0 Å². The first-order valence-corrected chi connectivity index (χ1v) is 8.22. The average Bonchev–Trinajstić information content (AvgIpc) is 2.56. The van der Waals surface area contributed by atoms with Gasteiger partial charge in [-0.05, 0) is 12.8 Å². The molecule has 0 radical (unpaired) electrons. The van der Waals surface area contributed by atoms with E-state index in [-0.39, 0.29) is 0 Å². The first kappa shape index (κ1) is 14.6. The molecule has 1 aromatic rings. The number of rotatable bonds is 3. The highest BCUT2D eigenvalue weighted by Gasteiger charge is 2.25. The second-order valence-corrected chi connectivity index (χ2v) is 6.44. The minimum atomic E-state index is 0.837. The second-order valence-electron chi connectivity index (χ2n) is 6.44. The molecule has 1 saturated heterocycles. The summed E-state index contributed by atoms with van der Waals surface area (Å²) >= 11 is 0. The van der Waals surface area contributed by atoms with E-state index in [9.17, 15) is 0 Å². The molecule has 21 heavy (non-hydrogen) atoms. The summed E-state index contributed by atoms with van der Waals surface area (Å²) in [5.74, 6) is 2.05. The van der Waals surface area contributed by atoms with Crippen LogP contribution < -0.4 is 9.80 Å². The highest BCUT2D eigenvalue weighted by atomic mass is 15.3. The highest BCUT2D eigenvalue weighted by molar-refractivity contribution is 5.49. The first-order valence-electron chi connectivity index (χ1n) is 8.22. The van der Waals surface area contributed by atoms with Gasteiger partial charge in [-0.3, -0.25) is 4.90 Å². The molecule has 0 amide bonds. The molecule has 2 fully saturated rings. The predicted octanol–water partition coefficient (Wildman–Crippen LogP) is 2.00. The standard InChI is InChI=1S/C16H27N5/c1-19(2)15-12-16(18-13-17-15)21-10-8-20(9-11-21)14-6-4-3-5-7-14/h12-14H,3-11H2,1-2H3. The Labute approximate surface area is 128 Å². The molecule has 5 nitrogen and oxygen atoms in total. The molecule has 0 atom stereocenters. The fourth-order valence-electron chi connectivity index (χ4n) is 3.52.